The quantitative estimate of drug-likeness (QED) is 0.770. The third-order valence-corrected chi connectivity index (χ3v) is 5.00. The van der Waals surface area contributed by atoms with Crippen LogP contribution in [0, 0.1) is 17.8 Å². The maximum atomic E-state index is 12.1. The summed E-state index contributed by atoms with van der Waals surface area (Å²) >= 11 is 0. The first-order valence-corrected chi connectivity index (χ1v) is 7.24. The molecule has 3 rings (SSSR count). The van der Waals surface area contributed by atoms with Crippen LogP contribution in [0.3, 0.4) is 0 Å². The molecule has 17 heavy (non-hydrogen) atoms. The molecule has 3 fully saturated rings. The van der Waals surface area contributed by atoms with Crippen LogP contribution in [-0.2, 0) is 4.79 Å². The number of hydrogen-bond acceptors (Lipinski definition) is 2. The Bertz CT molecular complexity index is 285. The fourth-order valence-electron chi connectivity index (χ4n) is 3.90. The highest BCUT2D eigenvalue weighted by Gasteiger charge is 2.54. The van der Waals surface area contributed by atoms with Gasteiger partial charge in [-0.2, -0.15) is 0 Å². The van der Waals surface area contributed by atoms with Gasteiger partial charge in [-0.1, -0.05) is 12.8 Å². The Morgan fingerprint density at radius 1 is 0.941 bits per heavy atom. The van der Waals surface area contributed by atoms with Gasteiger partial charge in [0.2, 0.25) is 5.91 Å². The van der Waals surface area contributed by atoms with E-state index in [1.165, 1.54) is 25.7 Å². The summed E-state index contributed by atoms with van der Waals surface area (Å²) in [7, 11) is 0. The van der Waals surface area contributed by atoms with Gasteiger partial charge < -0.3 is 10.4 Å². The van der Waals surface area contributed by atoms with E-state index in [2.05, 4.69) is 5.32 Å². The van der Waals surface area contributed by atoms with Crippen LogP contribution in [0.1, 0.15) is 51.4 Å². The first-order valence-electron chi connectivity index (χ1n) is 7.24. The first kappa shape index (κ1) is 11.5. The van der Waals surface area contributed by atoms with Gasteiger partial charge in [0.1, 0.15) is 0 Å². The zero-order valence-electron chi connectivity index (χ0n) is 10.4. The number of fused-ring (bicyclic) bond motifs is 1. The van der Waals surface area contributed by atoms with Gasteiger partial charge in [0.15, 0.2) is 0 Å². The summed E-state index contributed by atoms with van der Waals surface area (Å²) in [4.78, 5) is 12.1. The second-order valence-electron chi connectivity index (χ2n) is 6.15. The predicted molar refractivity (Wildman–Crippen MR) is 65.3 cm³/mol. The SMILES string of the molecule is O=C(NC1CCC(O)CC1)C1C2CCCCC21. The van der Waals surface area contributed by atoms with Gasteiger partial charge in [-0.15, -0.1) is 0 Å². The molecule has 96 valence electrons. The van der Waals surface area contributed by atoms with Crippen LogP contribution in [0.5, 0.6) is 0 Å². The Balaban J connectivity index is 1.48. The molecule has 0 aromatic heterocycles. The molecule has 0 radical (unpaired) electrons. The number of amides is 1. The van der Waals surface area contributed by atoms with Crippen molar-refractivity contribution in [3.63, 3.8) is 0 Å². The van der Waals surface area contributed by atoms with Crippen molar-refractivity contribution < 1.29 is 9.90 Å². The normalized spacial score (nSPS) is 44.9. The van der Waals surface area contributed by atoms with Crippen molar-refractivity contribution in [1.29, 1.82) is 0 Å². The second kappa shape index (κ2) is 4.60. The summed E-state index contributed by atoms with van der Waals surface area (Å²) in [6.45, 7) is 0. The molecule has 0 heterocycles. The molecule has 2 unspecified atom stereocenters. The summed E-state index contributed by atoms with van der Waals surface area (Å²) in [5.74, 6) is 2.06. The molecule has 1 amide bonds. The molecule has 3 aliphatic carbocycles. The lowest BCUT2D eigenvalue weighted by molar-refractivity contribution is -0.124. The van der Waals surface area contributed by atoms with Crippen LogP contribution in [0.4, 0.5) is 0 Å². The van der Waals surface area contributed by atoms with Crippen molar-refractivity contribution in [2.75, 3.05) is 0 Å². The number of carbonyl (C=O) groups is 1. The molecular formula is C14H23NO2. The Morgan fingerprint density at radius 3 is 2.12 bits per heavy atom. The molecule has 0 spiro atoms. The highest BCUT2D eigenvalue weighted by molar-refractivity contribution is 5.82. The zero-order chi connectivity index (χ0) is 11.8. The Kier molecular flexibility index (Phi) is 3.12. The number of hydrogen-bond donors (Lipinski definition) is 2. The Hall–Kier alpha value is -0.570. The average molecular weight is 237 g/mol. The molecule has 2 atom stereocenters. The van der Waals surface area contributed by atoms with Crippen molar-refractivity contribution >= 4 is 5.91 Å². The van der Waals surface area contributed by atoms with Crippen molar-refractivity contribution in [2.24, 2.45) is 17.8 Å². The summed E-state index contributed by atoms with van der Waals surface area (Å²) in [6, 6.07) is 0.327. The van der Waals surface area contributed by atoms with Crippen LogP contribution in [0.15, 0.2) is 0 Å². The van der Waals surface area contributed by atoms with Crippen molar-refractivity contribution in [1.82, 2.24) is 5.32 Å². The highest BCUT2D eigenvalue weighted by Crippen LogP contribution is 2.55. The lowest BCUT2D eigenvalue weighted by Crippen LogP contribution is -2.39. The average Bonchev–Trinajstić information content (AvgIpc) is 3.06. The van der Waals surface area contributed by atoms with Gasteiger partial charge in [0, 0.05) is 12.0 Å². The molecular weight excluding hydrogens is 214 g/mol. The molecule has 2 N–H and O–H groups in total. The van der Waals surface area contributed by atoms with E-state index in [1.807, 2.05) is 0 Å². The van der Waals surface area contributed by atoms with E-state index in [-0.39, 0.29) is 6.10 Å². The minimum atomic E-state index is -0.133. The number of rotatable bonds is 2. The summed E-state index contributed by atoms with van der Waals surface area (Å²) < 4.78 is 0. The van der Waals surface area contributed by atoms with E-state index in [0.29, 0.717) is 29.7 Å². The van der Waals surface area contributed by atoms with Gasteiger partial charge in [0.05, 0.1) is 6.10 Å². The van der Waals surface area contributed by atoms with Gasteiger partial charge in [-0.05, 0) is 50.4 Å². The van der Waals surface area contributed by atoms with Crippen LogP contribution in [0.25, 0.3) is 0 Å². The monoisotopic (exact) mass is 237 g/mol. The number of nitrogens with one attached hydrogen (secondary N) is 1. The topological polar surface area (TPSA) is 49.3 Å². The summed E-state index contributed by atoms with van der Waals surface area (Å²) in [5.41, 5.74) is 0. The molecule has 3 aliphatic rings. The van der Waals surface area contributed by atoms with E-state index < -0.39 is 0 Å². The maximum Gasteiger partial charge on any atom is 0.223 e. The fourth-order valence-corrected chi connectivity index (χ4v) is 3.90. The first-order chi connectivity index (χ1) is 8.25. The van der Waals surface area contributed by atoms with Gasteiger partial charge in [0.25, 0.3) is 0 Å². The predicted octanol–water partition coefficient (Wildman–Crippen LogP) is 1.84. The largest absolute Gasteiger partial charge is 0.393 e. The number of aliphatic hydroxyl groups excluding tert-OH is 1. The third kappa shape index (κ3) is 2.35. The van der Waals surface area contributed by atoms with Gasteiger partial charge in [-0.3, -0.25) is 4.79 Å². The molecule has 0 aliphatic heterocycles. The molecule has 3 saturated carbocycles. The molecule has 3 heteroatoms. The molecule has 0 bridgehead atoms. The lowest BCUT2D eigenvalue weighted by Gasteiger charge is -2.26. The van der Waals surface area contributed by atoms with Gasteiger partial charge in [-0.25, -0.2) is 0 Å². The number of aliphatic hydroxyl groups is 1. The molecule has 3 nitrogen and oxygen atoms in total. The summed E-state index contributed by atoms with van der Waals surface area (Å²) in [5, 5.41) is 12.6. The zero-order valence-corrected chi connectivity index (χ0v) is 10.4. The van der Waals surface area contributed by atoms with Crippen LogP contribution < -0.4 is 5.32 Å². The van der Waals surface area contributed by atoms with Crippen LogP contribution >= 0.6 is 0 Å². The molecule has 0 aromatic carbocycles. The Labute approximate surface area is 103 Å². The lowest BCUT2D eigenvalue weighted by atomic mass is 9.93. The van der Waals surface area contributed by atoms with Crippen molar-refractivity contribution in [3.8, 4) is 0 Å². The minimum Gasteiger partial charge on any atom is -0.393 e. The second-order valence-corrected chi connectivity index (χ2v) is 6.15. The third-order valence-electron chi connectivity index (χ3n) is 5.00. The van der Waals surface area contributed by atoms with E-state index in [0.717, 1.165) is 25.7 Å². The fraction of sp³-hybridized carbons (Fsp3) is 0.929. The smallest absolute Gasteiger partial charge is 0.223 e. The Morgan fingerprint density at radius 2 is 1.53 bits per heavy atom. The standard InChI is InChI=1S/C14H23NO2/c16-10-7-5-9(6-8-10)15-14(17)13-11-3-1-2-4-12(11)13/h9-13,16H,1-8H2,(H,15,17). The van der Waals surface area contributed by atoms with Crippen molar-refractivity contribution in [3.05, 3.63) is 0 Å². The number of carbonyl (C=O) groups excluding carboxylic acids is 1. The molecule has 0 saturated heterocycles. The van der Waals surface area contributed by atoms with E-state index in [1.54, 1.807) is 0 Å². The van der Waals surface area contributed by atoms with Crippen molar-refractivity contribution in [2.45, 2.75) is 63.5 Å². The van der Waals surface area contributed by atoms with E-state index in [9.17, 15) is 9.90 Å². The van der Waals surface area contributed by atoms with Gasteiger partial charge >= 0.3 is 0 Å². The molecule has 0 aromatic rings. The minimum absolute atomic E-state index is 0.133. The van der Waals surface area contributed by atoms with E-state index >= 15 is 0 Å². The van der Waals surface area contributed by atoms with E-state index in [4.69, 9.17) is 0 Å². The highest BCUT2D eigenvalue weighted by atomic mass is 16.3. The maximum absolute atomic E-state index is 12.1. The van der Waals surface area contributed by atoms with Crippen LogP contribution in [-0.4, -0.2) is 23.2 Å². The van der Waals surface area contributed by atoms with Crippen LogP contribution in [0.2, 0.25) is 0 Å². The summed E-state index contributed by atoms with van der Waals surface area (Å²) in [6.07, 6.45) is 8.65.